The van der Waals surface area contributed by atoms with Gasteiger partial charge in [0.2, 0.25) is 0 Å². The van der Waals surface area contributed by atoms with Crippen LogP contribution in [0.15, 0.2) is 29.3 Å². The fraction of sp³-hybridized carbons (Fsp3) is 0.167. The molecule has 1 aromatic carbocycles. The standard InChI is InChI=1S/C12H10Cl2N2O4S/c1-16-3-2-7(15-16)6-21(19,20)11-4-8(12(17)18)9(13)5-10(11)14/h2-5H,6H2,1H3,(H,17,18). The lowest BCUT2D eigenvalue weighted by Gasteiger charge is -2.08. The van der Waals surface area contributed by atoms with Gasteiger partial charge < -0.3 is 5.11 Å². The predicted molar refractivity (Wildman–Crippen MR) is 77.5 cm³/mol. The highest BCUT2D eigenvalue weighted by molar-refractivity contribution is 7.90. The molecule has 6 nitrogen and oxygen atoms in total. The van der Waals surface area contributed by atoms with Gasteiger partial charge in [0.1, 0.15) is 0 Å². The van der Waals surface area contributed by atoms with Crippen LogP contribution in [0.25, 0.3) is 0 Å². The van der Waals surface area contributed by atoms with Crippen LogP contribution in [0.4, 0.5) is 0 Å². The molecule has 0 fully saturated rings. The maximum Gasteiger partial charge on any atom is 0.337 e. The van der Waals surface area contributed by atoms with Crippen LogP contribution in [0.1, 0.15) is 16.1 Å². The number of carboxylic acid groups (broad SMARTS) is 1. The zero-order valence-electron chi connectivity index (χ0n) is 10.7. The van der Waals surface area contributed by atoms with E-state index in [2.05, 4.69) is 5.10 Å². The van der Waals surface area contributed by atoms with Crippen LogP contribution in [0.2, 0.25) is 10.0 Å². The number of carboxylic acids is 1. The number of nitrogens with zero attached hydrogens (tertiary/aromatic N) is 2. The van der Waals surface area contributed by atoms with E-state index in [0.29, 0.717) is 5.69 Å². The molecular formula is C12H10Cl2N2O4S. The Bertz CT molecular complexity index is 815. The fourth-order valence-electron chi connectivity index (χ4n) is 1.74. The van der Waals surface area contributed by atoms with E-state index in [9.17, 15) is 13.2 Å². The Labute approximate surface area is 130 Å². The van der Waals surface area contributed by atoms with Gasteiger partial charge in [0.05, 0.1) is 32.0 Å². The van der Waals surface area contributed by atoms with Gasteiger partial charge in [0.15, 0.2) is 9.84 Å². The zero-order chi connectivity index (χ0) is 15.8. The molecule has 2 aromatic rings. The number of halogens is 2. The maximum absolute atomic E-state index is 12.3. The van der Waals surface area contributed by atoms with Crippen molar-refractivity contribution in [3.8, 4) is 0 Å². The molecule has 21 heavy (non-hydrogen) atoms. The van der Waals surface area contributed by atoms with Crippen LogP contribution in [-0.4, -0.2) is 29.3 Å². The average Bonchev–Trinajstić information content (AvgIpc) is 2.72. The second-order valence-corrected chi connectivity index (χ2v) is 7.08. The van der Waals surface area contributed by atoms with Gasteiger partial charge >= 0.3 is 5.97 Å². The highest BCUT2D eigenvalue weighted by Crippen LogP contribution is 2.30. The molecule has 0 aliphatic carbocycles. The first kappa shape index (κ1) is 15.8. The molecule has 1 aromatic heterocycles. The Morgan fingerprint density at radius 1 is 1.33 bits per heavy atom. The number of aromatic carboxylic acids is 1. The molecule has 0 unspecified atom stereocenters. The molecule has 0 atom stereocenters. The Kier molecular flexibility index (Phi) is 4.27. The minimum Gasteiger partial charge on any atom is -0.478 e. The summed E-state index contributed by atoms with van der Waals surface area (Å²) < 4.78 is 26.2. The van der Waals surface area contributed by atoms with Gasteiger partial charge in [-0.1, -0.05) is 23.2 Å². The number of aromatic nitrogens is 2. The van der Waals surface area contributed by atoms with Crippen molar-refractivity contribution in [3.05, 3.63) is 45.7 Å². The van der Waals surface area contributed by atoms with E-state index >= 15 is 0 Å². The first-order valence-corrected chi connectivity index (χ1v) is 8.05. The van der Waals surface area contributed by atoms with E-state index in [0.717, 1.165) is 12.1 Å². The molecule has 112 valence electrons. The molecule has 0 aliphatic rings. The Morgan fingerprint density at radius 2 is 2.00 bits per heavy atom. The van der Waals surface area contributed by atoms with Gasteiger partial charge in [-0.3, -0.25) is 4.68 Å². The van der Waals surface area contributed by atoms with E-state index < -0.39 is 15.8 Å². The molecular weight excluding hydrogens is 339 g/mol. The van der Waals surface area contributed by atoms with Gasteiger partial charge in [0, 0.05) is 13.2 Å². The second kappa shape index (κ2) is 5.67. The highest BCUT2D eigenvalue weighted by Gasteiger charge is 2.23. The topological polar surface area (TPSA) is 89.3 Å². The summed E-state index contributed by atoms with van der Waals surface area (Å²) in [5.41, 5.74) is 0.0149. The predicted octanol–water partition coefficient (Wildman–Crippen LogP) is 2.40. The van der Waals surface area contributed by atoms with Crippen molar-refractivity contribution in [3.63, 3.8) is 0 Å². The van der Waals surface area contributed by atoms with Gasteiger partial charge in [-0.05, 0) is 18.2 Å². The third-order valence-corrected chi connectivity index (χ3v) is 5.11. The Morgan fingerprint density at radius 3 is 2.52 bits per heavy atom. The van der Waals surface area contributed by atoms with Crippen molar-refractivity contribution in [2.45, 2.75) is 10.6 Å². The number of hydrogen-bond donors (Lipinski definition) is 1. The number of rotatable bonds is 4. The van der Waals surface area contributed by atoms with Crippen molar-refractivity contribution in [2.75, 3.05) is 0 Å². The molecule has 1 N–H and O–H groups in total. The van der Waals surface area contributed by atoms with Crippen molar-refractivity contribution >= 4 is 39.0 Å². The summed E-state index contributed by atoms with van der Waals surface area (Å²) in [6, 6.07) is 3.63. The molecule has 0 spiro atoms. The van der Waals surface area contributed by atoms with E-state index in [1.807, 2.05) is 0 Å². The van der Waals surface area contributed by atoms with Crippen LogP contribution in [-0.2, 0) is 22.6 Å². The van der Waals surface area contributed by atoms with E-state index in [-0.39, 0.29) is 26.3 Å². The van der Waals surface area contributed by atoms with Crippen LogP contribution in [0.3, 0.4) is 0 Å². The van der Waals surface area contributed by atoms with Crippen molar-refractivity contribution < 1.29 is 18.3 Å². The Balaban J connectivity index is 2.49. The maximum atomic E-state index is 12.3. The van der Waals surface area contributed by atoms with Gasteiger partial charge in [-0.15, -0.1) is 0 Å². The quantitative estimate of drug-likeness (QED) is 0.916. The number of carbonyl (C=O) groups is 1. The van der Waals surface area contributed by atoms with Crippen LogP contribution in [0, 0.1) is 0 Å². The lowest BCUT2D eigenvalue weighted by molar-refractivity contribution is 0.0697. The third-order valence-electron chi connectivity index (χ3n) is 2.69. The van der Waals surface area contributed by atoms with Gasteiger partial charge in [-0.25, -0.2) is 13.2 Å². The fourth-order valence-corrected chi connectivity index (χ4v) is 3.91. The summed E-state index contributed by atoms with van der Waals surface area (Å²) in [6.45, 7) is 0. The van der Waals surface area contributed by atoms with Crippen molar-refractivity contribution in [1.82, 2.24) is 9.78 Å². The summed E-state index contributed by atoms with van der Waals surface area (Å²) in [5.74, 6) is -1.71. The monoisotopic (exact) mass is 348 g/mol. The number of benzene rings is 1. The third kappa shape index (κ3) is 3.37. The smallest absolute Gasteiger partial charge is 0.337 e. The summed E-state index contributed by atoms with van der Waals surface area (Å²) >= 11 is 11.6. The highest BCUT2D eigenvalue weighted by atomic mass is 35.5. The number of sulfone groups is 1. The molecule has 0 aliphatic heterocycles. The summed E-state index contributed by atoms with van der Waals surface area (Å²) in [4.78, 5) is 10.8. The lowest BCUT2D eigenvalue weighted by Crippen LogP contribution is -2.09. The van der Waals surface area contributed by atoms with E-state index in [4.69, 9.17) is 28.3 Å². The van der Waals surface area contributed by atoms with Crippen molar-refractivity contribution in [2.24, 2.45) is 7.05 Å². The zero-order valence-corrected chi connectivity index (χ0v) is 13.1. The van der Waals surface area contributed by atoms with E-state index in [1.54, 1.807) is 19.3 Å². The minimum absolute atomic E-state index is 0.121. The molecule has 0 amide bonds. The van der Waals surface area contributed by atoms with Crippen LogP contribution < -0.4 is 0 Å². The average molecular weight is 349 g/mol. The summed E-state index contributed by atoms with van der Waals surface area (Å²) in [6.07, 6.45) is 1.61. The molecule has 9 heteroatoms. The number of hydrogen-bond acceptors (Lipinski definition) is 4. The molecule has 1 heterocycles. The molecule has 0 bridgehead atoms. The lowest BCUT2D eigenvalue weighted by atomic mass is 10.2. The first-order chi connectivity index (χ1) is 9.70. The molecule has 0 saturated heterocycles. The van der Waals surface area contributed by atoms with Crippen LogP contribution in [0.5, 0.6) is 0 Å². The Hall–Kier alpha value is -1.57. The number of aryl methyl sites for hydroxylation is 1. The van der Waals surface area contributed by atoms with Crippen LogP contribution >= 0.6 is 23.2 Å². The summed E-state index contributed by atoms with van der Waals surface area (Å²) in [5, 5.41) is 12.7. The van der Waals surface area contributed by atoms with Gasteiger partial charge in [-0.2, -0.15) is 5.10 Å². The van der Waals surface area contributed by atoms with Gasteiger partial charge in [0.25, 0.3) is 0 Å². The molecule has 0 saturated carbocycles. The summed E-state index contributed by atoms with van der Waals surface area (Å²) in [7, 11) is -2.17. The minimum atomic E-state index is -3.83. The SMILES string of the molecule is Cn1ccc(CS(=O)(=O)c2cc(C(=O)O)c(Cl)cc2Cl)n1. The first-order valence-electron chi connectivity index (χ1n) is 5.64. The van der Waals surface area contributed by atoms with E-state index in [1.165, 1.54) is 4.68 Å². The largest absolute Gasteiger partial charge is 0.478 e. The van der Waals surface area contributed by atoms with Crippen molar-refractivity contribution in [1.29, 1.82) is 0 Å². The second-order valence-electron chi connectivity index (χ2n) is 4.31. The normalized spacial score (nSPS) is 11.6. The molecule has 0 radical (unpaired) electrons. The molecule has 2 rings (SSSR count).